The minimum absolute atomic E-state index is 0.00442. The van der Waals surface area contributed by atoms with Gasteiger partial charge in [-0.3, -0.25) is 4.79 Å². The van der Waals surface area contributed by atoms with Gasteiger partial charge in [0.05, 0.1) is 17.8 Å². The molecule has 2 aromatic rings. The van der Waals surface area contributed by atoms with E-state index in [4.69, 9.17) is 4.74 Å². The average molecular weight is 297 g/mol. The summed E-state index contributed by atoms with van der Waals surface area (Å²) in [6, 6.07) is 13.4. The number of methoxy groups -OCH3 is 1. The Balaban J connectivity index is 1.80. The number of anilines is 1. The Morgan fingerprint density at radius 3 is 2.67 bits per heavy atom. The van der Waals surface area contributed by atoms with E-state index in [0.29, 0.717) is 5.56 Å². The maximum Gasteiger partial charge on any atom is 0.188 e. The molecule has 0 amide bonds. The molecule has 106 valence electrons. The Bertz CT molecular complexity index is 720. The van der Waals surface area contributed by atoms with Gasteiger partial charge in [0.2, 0.25) is 0 Å². The van der Waals surface area contributed by atoms with E-state index in [9.17, 15) is 4.79 Å². The number of thioether (sulfide) groups is 1. The molecule has 2 aromatic carbocycles. The summed E-state index contributed by atoms with van der Waals surface area (Å²) in [6.07, 6.45) is 1.64. The van der Waals surface area contributed by atoms with Crippen LogP contribution in [0.15, 0.2) is 58.5 Å². The standard InChI is InChI=1S/C17H15NO2S/c1-11-3-5-12(6-4-11)15(19)10-17-18-14-9-13(20-2)7-8-16(14)21-17/h3-10,18H,1-2H3/b17-10-. The Hall–Kier alpha value is -2.20. The van der Waals surface area contributed by atoms with Crippen LogP contribution in [-0.2, 0) is 0 Å². The van der Waals surface area contributed by atoms with Crippen molar-refractivity contribution in [2.75, 3.05) is 12.4 Å². The van der Waals surface area contributed by atoms with Crippen LogP contribution in [0, 0.1) is 6.92 Å². The lowest BCUT2D eigenvalue weighted by Crippen LogP contribution is -1.98. The number of nitrogens with one attached hydrogen (secondary N) is 1. The van der Waals surface area contributed by atoms with Gasteiger partial charge in [0, 0.05) is 22.6 Å². The fraction of sp³-hybridized carbons (Fsp3) is 0.118. The molecule has 0 spiro atoms. The van der Waals surface area contributed by atoms with Crippen molar-refractivity contribution in [3.63, 3.8) is 0 Å². The number of fused-ring (bicyclic) bond motifs is 1. The quantitative estimate of drug-likeness (QED) is 0.679. The number of carbonyl (C=O) groups excluding carboxylic acids is 1. The second-order valence-electron chi connectivity index (χ2n) is 4.83. The molecule has 0 atom stereocenters. The lowest BCUT2D eigenvalue weighted by atomic mass is 10.1. The summed E-state index contributed by atoms with van der Waals surface area (Å²) < 4.78 is 5.20. The number of hydrogen-bond acceptors (Lipinski definition) is 4. The van der Waals surface area contributed by atoms with Crippen LogP contribution in [-0.4, -0.2) is 12.9 Å². The van der Waals surface area contributed by atoms with Gasteiger partial charge in [-0.25, -0.2) is 0 Å². The van der Waals surface area contributed by atoms with Crippen LogP contribution in [0.25, 0.3) is 0 Å². The zero-order valence-electron chi connectivity index (χ0n) is 11.8. The van der Waals surface area contributed by atoms with Crippen molar-refractivity contribution < 1.29 is 9.53 Å². The first-order valence-corrected chi connectivity index (χ1v) is 7.43. The number of rotatable bonds is 3. The average Bonchev–Trinajstić information content (AvgIpc) is 2.88. The van der Waals surface area contributed by atoms with Gasteiger partial charge in [0.25, 0.3) is 0 Å². The van der Waals surface area contributed by atoms with Crippen LogP contribution < -0.4 is 10.1 Å². The third-order valence-corrected chi connectivity index (χ3v) is 4.28. The number of ether oxygens (including phenoxy) is 1. The van der Waals surface area contributed by atoms with Crippen LogP contribution in [0.4, 0.5) is 5.69 Å². The fourth-order valence-corrected chi connectivity index (χ4v) is 3.01. The molecule has 1 aliphatic heterocycles. The molecular weight excluding hydrogens is 282 g/mol. The van der Waals surface area contributed by atoms with Crippen molar-refractivity contribution in [2.45, 2.75) is 11.8 Å². The number of aryl methyl sites for hydroxylation is 1. The third-order valence-electron chi connectivity index (χ3n) is 3.26. The SMILES string of the molecule is COc1ccc2c(c1)N/C(=C/C(=O)c1ccc(C)cc1)S2. The zero-order chi connectivity index (χ0) is 14.8. The lowest BCUT2D eigenvalue weighted by Gasteiger charge is -2.02. The molecule has 0 bridgehead atoms. The number of ketones is 1. The maximum atomic E-state index is 12.2. The molecule has 0 aliphatic carbocycles. The monoisotopic (exact) mass is 297 g/mol. The van der Waals surface area contributed by atoms with Gasteiger partial charge in [-0.2, -0.15) is 0 Å². The molecule has 0 radical (unpaired) electrons. The summed E-state index contributed by atoms with van der Waals surface area (Å²) in [5.41, 5.74) is 2.82. The van der Waals surface area contributed by atoms with Crippen LogP contribution in [0.5, 0.6) is 5.75 Å². The highest BCUT2D eigenvalue weighted by Gasteiger charge is 2.17. The fourth-order valence-electron chi connectivity index (χ4n) is 2.09. The van der Waals surface area contributed by atoms with Crippen molar-refractivity contribution in [3.05, 3.63) is 64.7 Å². The van der Waals surface area contributed by atoms with Crippen LogP contribution in [0.3, 0.4) is 0 Å². The van der Waals surface area contributed by atoms with Crippen LogP contribution in [0.1, 0.15) is 15.9 Å². The van der Waals surface area contributed by atoms with E-state index < -0.39 is 0 Å². The first kappa shape index (κ1) is 13.8. The number of allylic oxidation sites excluding steroid dienone is 1. The zero-order valence-corrected chi connectivity index (χ0v) is 12.7. The molecule has 0 fully saturated rings. The highest BCUT2D eigenvalue weighted by atomic mass is 32.2. The largest absolute Gasteiger partial charge is 0.497 e. The molecular formula is C17H15NO2S. The molecule has 1 N–H and O–H groups in total. The molecule has 4 heteroatoms. The normalized spacial score (nSPS) is 14.7. The van der Waals surface area contributed by atoms with E-state index in [1.165, 1.54) is 0 Å². The topological polar surface area (TPSA) is 38.3 Å². The highest BCUT2D eigenvalue weighted by Crippen LogP contribution is 2.42. The minimum Gasteiger partial charge on any atom is -0.497 e. The minimum atomic E-state index is 0.00442. The highest BCUT2D eigenvalue weighted by molar-refractivity contribution is 8.03. The predicted molar refractivity (Wildman–Crippen MR) is 86.1 cm³/mol. The second kappa shape index (κ2) is 5.66. The van der Waals surface area contributed by atoms with Crippen molar-refractivity contribution in [2.24, 2.45) is 0 Å². The molecule has 0 unspecified atom stereocenters. The van der Waals surface area contributed by atoms with Gasteiger partial charge >= 0.3 is 0 Å². The molecule has 1 heterocycles. The van der Waals surface area contributed by atoms with E-state index in [-0.39, 0.29) is 5.78 Å². The van der Waals surface area contributed by atoms with Crippen LogP contribution >= 0.6 is 11.8 Å². The molecule has 0 saturated carbocycles. The summed E-state index contributed by atoms with van der Waals surface area (Å²) in [4.78, 5) is 13.3. The first-order valence-electron chi connectivity index (χ1n) is 6.61. The Labute approximate surface area is 128 Å². The molecule has 21 heavy (non-hydrogen) atoms. The summed E-state index contributed by atoms with van der Waals surface area (Å²) in [6.45, 7) is 2.01. The van der Waals surface area contributed by atoms with Gasteiger partial charge in [-0.05, 0) is 19.1 Å². The summed E-state index contributed by atoms with van der Waals surface area (Å²) in [7, 11) is 1.64. The number of benzene rings is 2. The van der Waals surface area contributed by atoms with Crippen molar-refractivity contribution in [3.8, 4) is 5.75 Å². The summed E-state index contributed by atoms with van der Waals surface area (Å²) >= 11 is 1.56. The van der Waals surface area contributed by atoms with Gasteiger partial charge in [-0.15, -0.1) is 0 Å². The molecule has 1 aliphatic rings. The number of hydrogen-bond donors (Lipinski definition) is 1. The molecule has 0 aromatic heterocycles. The van der Waals surface area contributed by atoms with Gasteiger partial charge in [0.15, 0.2) is 5.78 Å². The molecule has 3 nitrogen and oxygen atoms in total. The summed E-state index contributed by atoms with van der Waals surface area (Å²) in [5.74, 6) is 0.803. The van der Waals surface area contributed by atoms with Crippen molar-refractivity contribution >= 4 is 23.2 Å². The van der Waals surface area contributed by atoms with Crippen molar-refractivity contribution in [1.29, 1.82) is 0 Å². The smallest absolute Gasteiger partial charge is 0.188 e. The third kappa shape index (κ3) is 2.95. The van der Waals surface area contributed by atoms with Crippen LogP contribution in [0.2, 0.25) is 0 Å². The summed E-state index contributed by atoms with van der Waals surface area (Å²) in [5, 5.41) is 4.08. The van der Waals surface area contributed by atoms with Gasteiger partial charge < -0.3 is 10.1 Å². The van der Waals surface area contributed by atoms with Gasteiger partial charge in [0.1, 0.15) is 5.75 Å². The van der Waals surface area contributed by atoms with E-state index >= 15 is 0 Å². The molecule has 3 rings (SSSR count). The Morgan fingerprint density at radius 1 is 1.19 bits per heavy atom. The predicted octanol–water partition coefficient (Wildman–Crippen LogP) is 4.25. The Morgan fingerprint density at radius 2 is 1.95 bits per heavy atom. The second-order valence-corrected chi connectivity index (χ2v) is 5.91. The first-order chi connectivity index (χ1) is 10.2. The van der Waals surface area contributed by atoms with Gasteiger partial charge in [-0.1, -0.05) is 41.6 Å². The Kier molecular flexibility index (Phi) is 3.71. The maximum absolute atomic E-state index is 12.2. The number of carbonyl (C=O) groups is 1. The van der Waals surface area contributed by atoms with Crippen molar-refractivity contribution in [1.82, 2.24) is 0 Å². The van der Waals surface area contributed by atoms with E-state index in [1.54, 1.807) is 24.9 Å². The lowest BCUT2D eigenvalue weighted by molar-refractivity contribution is 0.104. The van der Waals surface area contributed by atoms with E-state index in [1.807, 2.05) is 49.4 Å². The van der Waals surface area contributed by atoms with E-state index in [2.05, 4.69) is 5.32 Å². The van der Waals surface area contributed by atoms with E-state index in [0.717, 1.165) is 26.9 Å². The molecule has 0 saturated heterocycles.